The lowest BCUT2D eigenvalue weighted by atomic mass is 10.1. The second-order valence-electron chi connectivity index (χ2n) is 6.74. The summed E-state index contributed by atoms with van der Waals surface area (Å²) in [7, 11) is 1.67. The summed E-state index contributed by atoms with van der Waals surface area (Å²) in [5.41, 5.74) is 2.23. The number of imidazole rings is 1. The Morgan fingerprint density at radius 2 is 1.90 bits per heavy atom. The third-order valence-electron chi connectivity index (χ3n) is 4.94. The molecule has 29 heavy (non-hydrogen) atoms. The highest BCUT2D eigenvalue weighted by atomic mass is 16.5. The van der Waals surface area contributed by atoms with E-state index in [1.54, 1.807) is 25.3 Å². The molecule has 0 fully saturated rings. The predicted octanol–water partition coefficient (Wildman–Crippen LogP) is 2.50. The second-order valence-corrected chi connectivity index (χ2v) is 6.74. The van der Waals surface area contributed by atoms with E-state index in [1.165, 1.54) is 6.20 Å². The highest BCUT2D eigenvalue weighted by molar-refractivity contribution is 6.06. The lowest BCUT2D eigenvalue weighted by molar-refractivity contribution is 0.0955. The molecule has 2 heterocycles. The van der Waals surface area contributed by atoms with Gasteiger partial charge in [-0.05, 0) is 18.2 Å². The minimum absolute atomic E-state index is 0.205. The number of aromatic nitrogens is 3. The molecule has 0 spiro atoms. The van der Waals surface area contributed by atoms with Gasteiger partial charge in [0.05, 0.1) is 23.2 Å². The topological polar surface area (TPSA) is 89.0 Å². The lowest BCUT2D eigenvalue weighted by Gasteiger charge is -2.10. The number of hydrogen-bond acceptors (Lipinski definition) is 4. The molecule has 0 aliphatic rings. The molecule has 7 nitrogen and oxygen atoms in total. The Morgan fingerprint density at radius 3 is 2.72 bits per heavy atom. The largest absolute Gasteiger partial charge is 0.383 e. The van der Waals surface area contributed by atoms with Crippen LogP contribution in [0.4, 0.5) is 0 Å². The normalized spacial score (nSPS) is 11.2. The van der Waals surface area contributed by atoms with Crippen molar-refractivity contribution in [2.75, 3.05) is 20.3 Å². The van der Waals surface area contributed by atoms with Crippen LogP contribution < -0.4 is 10.9 Å². The van der Waals surface area contributed by atoms with Crippen LogP contribution in [0.3, 0.4) is 0 Å². The van der Waals surface area contributed by atoms with E-state index in [9.17, 15) is 9.59 Å². The van der Waals surface area contributed by atoms with Crippen molar-refractivity contribution >= 4 is 27.7 Å². The number of methoxy groups -OCH3 is 1. The number of H-pyrrole nitrogens is 1. The Balaban J connectivity index is 1.52. The number of amides is 1. The molecule has 4 rings (SSSR count). The van der Waals surface area contributed by atoms with Gasteiger partial charge in [-0.15, -0.1) is 0 Å². The molecule has 2 aromatic carbocycles. The monoisotopic (exact) mass is 390 g/mol. The minimum atomic E-state index is -0.225. The number of hydrogen-bond donors (Lipinski definition) is 2. The molecule has 7 heteroatoms. The number of nitrogens with zero attached hydrogens (tertiary/aromatic N) is 2. The number of ether oxygens (including phenoxy) is 1. The first-order chi connectivity index (χ1) is 14.2. The van der Waals surface area contributed by atoms with Crippen LogP contribution in [-0.4, -0.2) is 40.7 Å². The first-order valence-electron chi connectivity index (χ1n) is 9.50. The summed E-state index contributed by atoms with van der Waals surface area (Å²) in [5, 5.41) is 4.08. The standard InChI is InChI=1S/C22H22N4O3/c1-29-13-12-26-19-9-5-4-8-18(19)25-20(26)10-11-23-22(28)17-14-24-21(27)16-7-3-2-6-15(16)17/h2-9,14H,10-13H2,1H3,(H,23,28)(H,24,27). The summed E-state index contributed by atoms with van der Waals surface area (Å²) < 4.78 is 7.35. The highest BCUT2D eigenvalue weighted by Crippen LogP contribution is 2.17. The number of carbonyl (C=O) groups excluding carboxylic acids is 1. The lowest BCUT2D eigenvalue weighted by Crippen LogP contribution is -2.27. The fourth-order valence-electron chi connectivity index (χ4n) is 3.53. The number of carbonyl (C=O) groups is 1. The number of rotatable bonds is 7. The van der Waals surface area contributed by atoms with Gasteiger partial charge in [-0.1, -0.05) is 30.3 Å². The molecule has 148 valence electrons. The molecule has 0 saturated heterocycles. The molecule has 0 bridgehead atoms. The molecule has 2 N–H and O–H groups in total. The zero-order valence-corrected chi connectivity index (χ0v) is 16.1. The quantitative estimate of drug-likeness (QED) is 0.507. The van der Waals surface area contributed by atoms with Crippen molar-refractivity contribution in [3.63, 3.8) is 0 Å². The fourth-order valence-corrected chi connectivity index (χ4v) is 3.53. The summed E-state index contributed by atoms with van der Waals surface area (Å²) in [4.78, 5) is 32.0. The van der Waals surface area contributed by atoms with Crippen LogP contribution in [0.1, 0.15) is 16.2 Å². The van der Waals surface area contributed by atoms with Gasteiger partial charge < -0.3 is 19.6 Å². The number of nitrogens with one attached hydrogen (secondary N) is 2. The van der Waals surface area contributed by atoms with Crippen molar-refractivity contribution in [3.05, 3.63) is 76.5 Å². The van der Waals surface area contributed by atoms with Gasteiger partial charge in [0.2, 0.25) is 0 Å². The van der Waals surface area contributed by atoms with Gasteiger partial charge in [-0.2, -0.15) is 0 Å². The molecule has 0 aliphatic heterocycles. The number of benzene rings is 2. The second kappa shape index (κ2) is 8.28. The number of pyridine rings is 1. The van der Waals surface area contributed by atoms with Gasteiger partial charge in [0.25, 0.3) is 11.5 Å². The first kappa shape index (κ1) is 18.9. The van der Waals surface area contributed by atoms with Crippen molar-refractivity contribution in [2.24, 2.45) is 0 Å². The Hall–Kier alpha value is -3.45. The van der Waals surface area contributed by atoms with E-state index in [2.05, 4.69) is 14.9 Å². The average Bonchev–Trinajstić information content (AvgIpc) is 3.10. The van der Waals surface area contributed by atoms with Crippen LogP contribution in [0, 0.1) is 0 Å². The van der Waals surface area contributed by atoms with Crippen molar-refractivity contribution in [2.45, 2.75) is 13.0 Å². The molecule has 4 aromatic rings. The van der Waals surface area contributed by atoms with Gasteiger partial charge in [0.15, 0.2) is 0 Å². The molecule has 0 saturated carbocycles. The van der Waals surface area contributed by atoms with Crippen molar-refractivity contribution in [3.8, 4) is 0 Å². The Kier molecular flexibility index (Phi) is 5.39. The number of fused-ring (bicyclic) bond motifs is 2. The summed E-state index contributed by atoms with van der Waals surface area (Å²) in [5.74, 6) is 0.673. The van der Waals surface area contributed by atoms with E-state index >= 15 is 0 Å². The van der Waals surface area contributed by atoms with Crippen molar-refractivity contribution < 1.29 is 9.53 Å². The first-order valence-corrected chi connectivity index (χ1v) is 9.50. The summed E-state index contributed by atoms with van der Waals surface area (Å²) >= 11 is 0. The van der Waals surface area contributed by atoms with Crippen LogP contribution in [0.15, 0.2) is 59.5 Å². The van der Waals surface area contributed by atoms with Crippen LogP contribution in [0.2, 0.25) is 0 Å². The van der Waals surface area contributed by atoms with Gasteiger partial charge in [0.1, 0.15) is 5.82 Å². The van der Waals surface area contributed by atoms with E-state index in [0.29, 0.717) is 42.5 Å². The van der Waals surface area contributed by atoms with Crippen LogP contribution in [0.5, 0.6) is 0 Å². The Bertz CT molecular complexity index is 1230. The van der Waals surface area contributed by atoms with Gasteiger partial charge >= 0.3 is 0 Å². The number of para-hydroxylation sites is 2. The third kappa shape index (κ3) is 3.77. The zero-order valence-electron chi connectivity index (χ0n) is 16.1. The zero-order chi connectivity index (χ0) is 20.2. The maximum atomic E-state index is 12.7. The molecule has 2 aromatic heterocycles. The van der Waals surface area contributed by atoms with E-state index in [1.807, 2.05) is 30.3 Å². The van der Waals surface area contributed by atoms with Crippen LogP contribution in [0.25, 0.3) is 21.8 Å². The molecule has 0 radical (unpaired) electrons. The fraction of sp³-hybridized carbons (Fsp3) is 0.227. The van der Waals surface area contributed by atoms with Crippen molar-refractivity contribution in [1.29, 1.82) is 0 Å². The maximum Gasteiger partial charge on any atom is 0.255 e. The molecular weight excluding hydrogens is 368 g/mol. The minimum Gasteiger partial charge on any atom is -0.383 e. The van der Waals surface area contributed by atoms with Gasteiger partial charge in [0, 0.05) is 43.6 Å². The van der Waals surface area contributed by atoms with E-state index in [-0.39, 0.29) is 11.5 Å². The Labute approximate surface area is 167 Å². The molecular formula is C22H22N4O3. The van der Waals surface area contributed by atoms with Crippen LogP contribution >= 0.6 is 0 Å². The molecule has 1 amide bonds. The number of aromatic amines is 1. The van der Waals surface area contributed by atoms with E-state index in [0.717, 1.165) is 16.9 Å². The summed E-state index contributed by atoms with van der Waals surface area (Å²) in [6.45, 7) is 1.72. The smallest absolute Gasteiger partial charge is 0.255 e. The summed E-state index contributed by atoms with van der Waals surface area (Å²) in [6.07, 6.45) is 2.05. The highest BCUT2D eigenvalue weighted by Gasteiger charge is 2.13. The Morgan fingerprint density at radius 1 is 1.14 bits per heavy atom. The summed E-state index contributed by atoms with van der Waals surface area (Å²) in [6, 6.07) is 15.1. The third-order valence-corrected chi connectivity index (χ3v) is 4.94. The average molecular weight is 390 g/mol. The molecule has 0 unspecified atom stereocenters. The van der Waals surface area contributed by atoms with Gasteiger partial charge in [-0.25, -0.2) is 4.98 Å². The predicted molar refractivity (Wildman–Crippen MR) is 112 cm³/mol. The SMILES string of the molecule is COCCn1c(CCNC(=O)c2c[nH]c(=O)c3ccccc23)nc2ccccc21. The van der Waals surface area contributed by atoms with Crippen LogP contribution in [-0.2, 0) is 17.7 Å². The van der Waals surface area contributed by atoms with E-state index in [4.69, 9.17) is 9.72 Å². The van der Waals surface area contributed by atoms with Gasteiger partial charge in [-0.3, -0.25) is 9.59 Å². The molecule has 0 aliphatic carbocycles. The van der Waals surface area contributed by atoms with E-state index < -0.39 is 0 Å². The molecule has 0 atom stereocenters. The van der Waals surface area contributed by atoms with Crippen molar-refractivity contribution in [1.82, 2.24) is 19.9 Å². The maximum absolute atomic E-state index is 12.7.